The summed E-state index contributed by atoms with van der Waals surface area (Å²) in [4.78, 5) is 26.6. The Bertz CT molecular complexity index is 896. The highest BCUT2D eigenvalue weighted by atomic mass is 16.5. The van der Waals surface area contributed by atoms with Gasteiger partial charge in [0.05, 0.1) is 32.0 Å². The maximum atomic E-state index is 12.7. The molecule has 2 aromatic rings. The monoisotopic (exact) mass is 386 g/mol. The van der Waals surface area contributed by atoms with E-state index in [1.54, 1.807) is 33.5 Å². The molecule has 0 unspecified atom stereocenters. The predicted molar refractivity (Wildman–Crippen MR) is 106 cm³/mol. The molecule has 0 spiro atoms. The Morgan fingerprint density at radius 3 is 2.82 bits per heavy atom. The fourth-order valence-electron chi connectivity index (χ4n) is 3.41. The van der Waals surface area contributed by atoms with E-state index in [0.29, 0.717) is 24.6 Å². The van der Waals surface area contributed by atoms with E-state index in [-0.39, 0.29) is 17.4 Å². The molecule has 1 saturated heterocycles. The fourth-order valence-corrected chi connectivity index (χ4v) is 3.41. The molecule has 1 aliphatic heterocycles. The molecule has 8 heteroatoms. The van der Waals surface area contributed by atoms with E-state index in [4.69, 9.17) is 9.47 Å². The number of carbonyl (C=O) groups is 1. The van der Waals surface area contributed by atoms with Crippen LogP contribution in [0.15, 0.2) is 35.3 Å². The zero-order valence-corrected chi connectivity index (χ0v) is 16.5. The summed E-state index contributed by atoms with van der Waals surface area (Å²) in [6, 6.07) is 7.07. The number of carbonyl (C=O) groups excluding carboxylic acids is 1. The second-order valence-corrected chi connectivity index (χ2v) is 6.86. The molecule has 1 aromatic carbocycles. The third-order valence-corrected chi connectivity index (χ3v) is 5.05. The molecule has 1 aliphatic rings. The molecule has 1 amide bonds. The molecular formula is C20H26N4O4. The number of nitrogens with one attached hydrogen (secondary N) is 1. The molecule has 2 heterocycles. The van der Waals surface area contributed by atoms with Crippen LogP contribution >= 0.6 is 0 Å². The Kier molecular flexibility index (Phi) is 6.18. The Morgan fingerprint density at radius 2 is 2.11 bits per heavy atom. The first-order valence-corrected chi connectivity index (χ1v) is 9.28. The fraction of sp³-hybridized carbons (Fsp3) is 0.450. The van der Waals surface area contributed by atoms with E-state index < -0.39 is 0 Å². The van der Waals surface area contributed by atoms with Gasteiger partial charge in [0, 0.05) is 38.3 Å². The lowest BCUT2D eigenvalue weighted by Gasteiger charge is -2.33. The smallest absolute Gasteiger partial charge is 0.268 e. The lowest BCUT2D eigenvalue weighted by atomic mass is 9.96. The van der Waals surface area contributed by atoms with Gasteiger partial charge in [0.2, 0.25) is 5.91 Å². The predicted octanol–water partition coefficient (Wildman–Crippen LogP) is 1.33. The minimum Gasteiger partial charge on any atom is -0.497 e. The lowest BCUT2D eigenvalue weighted by molar-refractivity contribution is -0.125. The van der Waals surface area contributed by atoms with Crippen LogP contribution in [-0.4, -0.2) is 43.0 Å². The molecule has 1 N–H and O–H groups in total. The largest absolute Gasteiger partial charge is 0.497 e. The maximum Gasteiger partial charge on any atom is 0.268 e. The minimum atomic E-state index is -0.158. The topological polar surface area (TPSA) is 85.7 Å². The van der Waals surface area contributed by atoms with E-state index in [1.165, 1.54) is 4.68 Å². The van der Waals surface area contributed by atoms with Crippen molar-refractivity contribution >= 4 is 11.6 Å². The number of piperidine rings is 1. The number of aromatic nitrogens is 2. The average Bonchev–Trinajstić information content (AvgIpc) is 2.73. The van der Waals surface area contributed by atoms with Crippen molar-refractivity contribution in [2.45, 2.75) is 19.4 Å². The zero-order chi connectivity index (χ0) is 20.1. The van der Waals surface area contributed by atoms with E-state index in [1.807, 2.05) is 23.1 Å². The van der Waals surface area contributed by atoms with Gasteiger partial charge in [0.25, 0.3) is 5.56 Å². The maximum absolute atomic E-state index is 12.7. The van der Waals surface area contributed by atoms with E-state index in [9.17, 15) is 9.59 Å². The Labute approximate surface area is 164 Å². The van der Waals surface area contributed by atoms with Crippen molar-refractivity contribution in [1.82, 2.24) is 15.1 Å². The molecule has 0 saturated carbocycles. The summed E-state index contributed by atoms with van der Waals surface area (Å²) in [6.07, 6.45) is 3.37. The van der Waals surface area contributed by atoms with Gasteiger partial charge in [0.1, 0.15) is 11.5 Å². The molecule has 1 aromatic heterocycles. The zero-order valence-electron chi connectivity index (χ0n) is 16.5. The molecule has 0 radical (unpaired) electrons. The molecule has 28 heavy (non-hydrogen) atoms. The number of aryl methyl sites for hydroxylation is 1. The van der Waals surface area contributed by atoms with E-state index >= 15 is 0 Å². The van der Waals surface area contributed by atoms with Crippen LogP contribution in [0.1, 0.15) is 18.4 Å². The summed E-state index contributed by atoms with van der Waals surface area (Å²) in [5.74, 6) is 1.27. The first-order chi connectivity index (χ1) is 13.5. The van der Waals surface area contributed by atoms with Crippen LogP contribution < -0.4 is 25.2 Å². The highest BCUT2D eigenvalue weighted by Gasteiger charge is 2.26. The number of benzene rings is 1. The van der Waals surface area contributed by atoms with Crippen molar-refractivity contribution in [3.63, 3.8) is 0 Å². The number of hydrogen-bond donors (Lipinski definition) is 1. The standard InChI is InChI=1S/C20H26N4O4/c1-23-19(25)10-16(12-22-23)24-8-4-5-14(13-24)20(26)21-11-15-9-17(27-2)6-7-18(15)28-3/h6-7,9-10,12,14H,4-5,8,11,13H2,1-3H3,(H,21,26)/t14-/m1/s1. The van der Waals surface area contributed by atoms with Gasteiger partial charge in [-0.05, 0) is 31.0 Å². The van der Waals surface area contributed by atoms with Crippen LogP contribution in [0.25, 0.3) is 0 Å². The Morgan fingerprint density at radius 1 is 1.29 bits per heavy atom. The van der Waals surface area contributed by atoms with Gasteiger partial charge in [-0.1, -0.05) is 0 Å². The van der Waals surface area contributed by atoms with Crippen LogP contribution in [0.2, 0.25) is 0 Å². The van der Waals surface area contributed by atoms with Crippen molar-refractivity contribution in [3.05, 3.63) is 46.4 Å². The summed E-state index contributed by atoms with van der Waals surface area (Å²) in [6.45, 7) is 1.74. The number of hydrogen-bond acceptors (Lipinski definition) is 6. The summed E-state index contributed by atoms with van der Waals surface area (Å²) < 4.78 is 11.9. The quantitative estimate of drug-likeness (QED) is 0.806. The Balaban J connectivity index is 1.64. The second kappa shape index (κ2) is 8.77. The Hall–Kier alpha value is -3.03. The molecule has 3 rings (SSSR count). The second-order valence-electron chi connectivity index (χ2n) is 6.86. The van der Waals surface area contributed by atoms with Crippen LogP contribution in [0.4, 0.5) is 5.69 Å². The molecule has 0 bridgehead atoms. The number of nitrogens with zero attached hydrogens (tertiary/aromatic N) is 3. The van der Waals surface area contributed by atoms with Crippen molar-refractivity contribution < 1.29 is 14.3 Å². The van der Waals surface area contributed by atoms with E-state index in [2.05, 4.69) is 10.4 Å². The van der Waals surface area contributed by atoms with Gasteiger partial charge in [-0.3, -0.25) is 9.59 Å². The number of methoxy groups -OCH3 is 2. The number of amides is 1. The van der Waals surface area contributed by atoms with Gasteiger partial charge >= 0.3 is 0 Å². The van der Waals surface area contributed by atoms with Gasteiger partial charge in [-0.15, -0.1) is 0 Å². The number of anilines is 1. The highest BCUT2D eigenvalue weighted by molar-refractivity contribution is 5.79. The minimum absolute atomic E-state index is 0.00799. The number of ether oxygens (including phenoxy) is 2. The van der Waals surface area contributed by atoms with Crippen LogP contribution in [0.5, 0.6) is 11.5 Å². The van der Waals surface area contributed by atoms with Gasteiger partial charge in [-0.25, -0.2) is 4.68 Å². The van der Waals surface area contributed by atoms with Crippen molar-refractivity contribution in [3.8, 4) is 11.5 Å². The highest BCUT2D eigenvalue weighted by Crippen LogP contribution is 2.25. The molecule has 150 valence electrons. The molecule has 0 aliphatic carbocycles. The van der Waals surface area contributed by atoms with Gasteiger partial charge in [0.15, 0.2) is 0 Å². The molecule has 8 nitrogen and oxygen atoms in total. The molecular weight excluding hydrogens is 360 g/mol. The first kappa shape index (κ1) is 19.7. The number of rotatable bonds is 6. The van der Waals surface area contributed by atoms with Crippen LogP contribution in [-0.2, 0) is 18.4 Å². The third kappa shape index (κ3) is 4.44. The van der Waals surface area contributed by atoms with E-state index in [0.717, 1.165) is 30.6 Å². The van der Waals surface area contributed by atoms with Crippen LogP contribution in [0.3, 0.4) is 0 Å². The van der Waals surface area contributed by atoms with Gasteiger partial charge in [-0.2, -0.15) is 5.10 Å². The molecule has 1 fully saturated rings. The van der Waals surface area contributed by atoms with Crippen molar-refractivity contribution in [1.29, 1.82) is 0 Å². The SMILES string of the molecule is COc1ccc(OC)c(CNC(=O)[C@@H]2CCCN(c3cnn(C)c(=O)c3)C2)c1. The summed E-state index contributed by atoms with van der Waals surface area (Å²) >= 11 is 0. The summed E-state index contributed by atoms with van der Waals surface area (Å²) in [5, 5.41) is 7.08. The summed E-state index contributed by atoms with van der Waals surface area (Å²) in [5.41, 5.74) is 1.46. The normalized spacial score (nSPS) is 16.5. The third-order valence-electron chi connectivity index (χ3n) is 5.05. The van der Waals surface area contributed by atoms with Crippen LogP contribution in [0, 0.1) is 5.92 Å². The van der Waals surface area contributed by atoms with Crippen molar-refractivity contribution in [2.24, 2.45) is 13.0 Å². The van der Waals surface area contributed by atoms with Gasteiger partial charge < -0.3 is 19.7 Å². The average molecular weight is 386 g/mol. The first-order valence-electron chi connectivity index (χ1n) is 9.28. The summed E-state index contributed by atoms with van der Waals surface area (Å²) in [7, 11) is 4.82. The lowest BCUT2D eigenvalue weighted by Crippen LogP contribution is -2.43. The van der Waals surface area contributed by atoms with Crippen molar-refractivity contribution in [2.75, 3.05) is 32.2 Å². The molecule has 1 atom stereocenters.